The van der Waals surface area contributed by atoms with Crippen molar-refractivity contribution in [2.45, 2.75) is 27.2 Å². The first-order valence-electron chi connectivity index (χ1n) is 7.23. The molecule has 0 N–H and O–H groups in total. The fraction of sp³-hybridized carbons (Fsp3) is 0.500. The van der Waals surface area contributed by atoms with E-state index in [2.05, 4.69) is 0 Å². The normalized spacial score (nSPS) is 9.81. The Labute approximate surface area is 126 Å². The number of hydrogen-bond donors (Lipinski definition) is 0. The van der Waals surface area contributed by atoms with E-state index in [1.807, 2.05) is 26.8 Å². The lowest BCUT2D eigenvalue weighted by molar-refractivity contribution is 0.0775. The molecule has 0 saturated heterocycles. The second-order valence-corrected chi connectivity index (χ2v) is 4.41. The summed E-state index contributed by atoms with van der Waals surface area (Å²) in [7, 11) is 0. The van der Waals surface area contributed by atoms with Crippen molar-refractivity contribution >= 4 is 5.91 Å². The molecular weight excluding hydrogens is 268 g/mol. The molecule has 5 nitrogen and oxygen atoms in total. The number of benzene rings is 1. The summed E-state index contributed by atoms with van der Waals surface area (Å²) in [6, 6.07) is 7.14. The minimum absolute atomic E-state index is 0.0872. The predicted molar refractivity (Wildman–Crippen MR) is 80.6 cm³/mol. The van der Waals surface area contributed by atoms with Crippen LogP contribution in [-0.4, -0.2) is 37.1 Å². The highest BCUT2D eigenvalue weighted by Crippen LogP contribution is 2.29. The molecule has 1 rings (SSSR count). The molecule has 0 aliphatic heterocycles. The van der Waals surface area contributed by atoms with Crippen LogP contribution in [0.15, 0.2) is 18.2 Å². The number of nitrogens with zero attached hydrogens (tertiary/aromatic N) is 2. The molecule has 0 saturated carbocycles. The van der Waals surface area contributed by atoms with Crippen molar-refractivity contribution < 1.29 is 14.3 Å². The molecular formula is C16H22N2O3. The number of hydrogen-bond acceptors (Lipinski definition) is 4. The van der Waals surface area contributed by atoms with Crippen molar-refractivity contribution in [2.24, 2.45) is 0 Å². The van der Waals surface area contributed by atoms with Crippen LogP contribution < -0.4 is 9.47 Å². The Morgan fingerprint density at radius 3 is 2.43 bits per heavy atom. The van der Waals surface area contributed by atoms with E-state index in [1.54, 1.807) is 18.2 Å². The third-order valence-electron chi connectivity index (χ3n) is 2.83. The topological polar surface area (TPSA) is 62.6 Å². The van der Waals surface area contributed by atoms with E-state index in [4.69, 9.17) is 14.7 Å². The van der Waals surface area contributed by atoms with E-state index >= 15 is 0 Å². The highest BCUT2D eigenvalue weighted by molar-refractivity contribution is 5.95. The van der Waals surface area contributed by atoms with Gasteiger partial charge in [0, 0.05) is 12.1 Å². The second kappa shape index (κ2) is 8.85. The average molecular weight is 290 g/mol. The maximum absolute atomic E-state index is 12.4. The van der Waals surface area contributed by atoms with E-state index in [-0.39, 0.29) is 12.5 Å². The summed E-state index contributed by atoms with van der Waals surface area (Å²) in [5, 5.41) is 8.82. The van der Waals surface area contributed by atoms with Gasteiger partial charge in [0.1, 0.15) is 6.54 Å². The van der Waals surface area contributed by atoms with Gasteiger partial charge in [-0.25, -0.2) is 0 Å². The molecule has 0 fully saturated rings. The van der Waals surface area contributed by atoms with Crippen LogP contribution in [-0.2, 0) is 0 Å². The minimum atomic E-state index is -0.164. The zero-order valence-electron chi connectivity index (χ0n) is 12.9. The largest absolute Gasteiger partial charge is 0.490 e. The molecule has 0 spiro atoms. The molecule has 0 atom stereocenters. The monoisotopic (exact) mass is 290 g/mol. The molecule has 0 radical (unpaired) electrons. The first-order chi connectivity index (χ1) is 10.2. The second-order valence-electron chi connectivity index (χ2n) is 4.41. The van der Waals surface area contributed by atoms with Gasteiger partial charge >= 0.3 is 0 Å². The predicted octanol–water partition coefficient (Wildman–Crippen LogP) is 2.86. The highest BCUT2D eigenvalue weighted by Gasteiger charge is 2.17. The lowest BCUT2D eigenvalue weighted by Crippen LogP contribution is -2.32. The van der Waals surface area contributed by atoms with Gasteiger partial charge in [0.25, 0.3) is 5.91 Å². The Kier molecular flexibility index (Phi) is 7.10. The van der Waals surface area contributed by atoms with E-state index in [0.29, 0.717) is 36.8 Å². The zero-order chi connectivity index (χ0) is 15.7. The van der Waals surface area contributed by atoms with E-state index in [9.17, 15) is 4.79 Å². The van der Waals surface area contributed by atoms with Gasteiger partial charge in [-0.3, -0.25) is 4.79 Å². The number of carbonyl (C=O) groups is 1. The Morgan fingerprint density at radius 1 is 1.19 bits per heavy atom. The molecule has 114 valence electrons. The standard InChI is InChI=1S/C16H22N2O3/c1-4-10-18(11-9-17)16(19)13-7-8-14(20-5-2)15(12-13)21-6-3/h7-8,12H,4-6,10-11H2,1-3H3. The fourth-order valence-electron chi connectivity index (χ4n) is 1.97. The van der Waals surface area contributed by atoms with Crippen molar-refractivity contribution in [1.29, 1.82) is 5.26 Å². The fourth-order valence-corrected chi connectivity index (χ4v) is 1.97. The summed E-state index contributed by atoms with van der Waals surface area (Å²) in [5.41, 5.74) is 0.505. The van der Waals surface area contributed by atoms with Crippen molar-refractivity contribution in [3.05, 3.63) is 23.8 Å². The third-order valence-corrected chi connectivity index (χ3v) is 2.83. The van der Waals surface area contributed by atoms with Gasteiger partial charge in [-0.1, -0.05) is 6.92 Å². The molecule has 0 heterocycles. The Morgan fingerprint density at radius 2 is 1.86 bits per heavy atom. The quantitative estimate of drug-likeness (QED) is 0.691. The number of ether oxygens (including phenoxy) is 2. The maximum atomic E-state index is 12.4. The van der Waals surface area contributed by atoms with Crippen LogP contribution in [0, 0.1) is 11.3 Å². The molecule has 21 heavy (non-hydrogen) atoms. The van der Waals surface area contributed by atoms with E-state index < -0.39 is 0 Å². The van der Waals surface area contributed by atoms with E-state index in [1.165, 1.54) is 4.90 Å². The summed E-state index contributed by atoms with van der Waals surface area (Å²) >= 11 is 0. The van der Waals surface area contributed by atoms with Crippen molar-refractivity contribution in [1.82, 2.24) is 4.90 Å². The molecule has 0 bridgehead atoms. The number of amides is 1. The first-order valence-corrected chi connectivity index (χ1v) is 7.23. The van der Waals surface area contributed by atoms with Crippen LogP contribution in [0.3, 0.4) is 0 Å². The van der Waals surface area contributed by atoms with Gasteiger partial charge in [0.15, 0.2) is 11.5 Å². The summed E-state index contributed by atoms with van der Waals surface area (Å²) in [5.74, 6) is 1.01. The lowest BCUT2D eigenvalue weighted by atomic mass is 10.1. The molecule has 5 heteroatoms. The maximum Gasteiger partial charge on any atom is 0.254 e. The van der Waals surface area contributed by atoms with Gasteiger partial charge in [-0.2, -0.15) is 5.26 Å². The average Bonchev–Trinajstić information content (AvgIpc) is 2.48. The smallest absolute Gasteiger partial charge is 0.254 e. The van der Waals surface area contributed by atoms with Gasteiger partial charge in [-0.05, 0) is 38.5 Å². The minimum Gasteiger partial charge on any atom is -0.490 e. The summed E-state index contributed by atoms with van der Waals surface area (Å²) in [6.07, 6.45) is 0.808. The number of carbonyl (C=O) groups excluding carboxylic acids is 1. The first kappa shape index (κ1) is 16.8. The number of rotatable bonds is 8. The molecule has 0 unspecified atom stereocenters. The van der Waals surface area contributed by atoms with Gasteiger partial charge in [-0.15, -0.1) is 0 Å². The Balaban J connectivity index is 3.03. The highest BCUT2D eigenvalue weighted by atomic mass is 16.5. The van der Waals surface area contributed by atoms with E-state index in [0.717, 1.165) is 6.42 Å². The van der Waals surface area contributed by atoms with Crippen LogP contribution in [0.5, 0.6) is 11.5 Å². The van der Waals surface area contributed by atoms with Crippen LogP contribution in [0.4, 0.5) is 0 Å². The molecule has 0 aliphatic rings. The van der Waals surface area contributed by atoms with Gasteiger partial charge in [0.05, 0.1) is 19.3 Å². The molecule has 1 aromatic carbocycles. The molecule has 0 aromatic heterocycles. The Bertz CT molecular complexity index is 509. The molecule has 1 amide bonds. The van der Waals surface area contributed by atoms with Crippen LogP contribution in [0.1, 0.15) is 37.6 Å². The van der Waals surface area contributed by atoms with Crippen LogP contribution >= 0.6 is 0 Å². The van der Waals surface area contributed by atoms with Crippen molar-refractivity contribution in [2.75, 3.05) is 26.3 Å². The summed E-state index contributed by atoms with van der Waals surface area (Å²) in [4.78, 5) is 14.0. The van der Waals surface area contributed by atoms with Gasteiger partial charge in [0.2, 0.25) is 0 Å². The lowest BCUT2D eigenvalue weighted by Gasteiger charge is -2.19. The van der Waals surface area contributed by atoms with Crippen molar-refractivity contribution in [3.8, 4) is 17.6 Å². The van der Waals surface area contributed by atoms with Crippen LogP contribution in [0.2, 0.25) is 0 Å². The molecule has 1 aromatic rings. The summed E-state index contributed by atoms with van der Waals surface area (Å²) < 4.78 is 11.0. The number of nitriles is 1. The van der Waals surface area contributed by atoms with Crippen molar-refractivity contribution in [3.63, 3.8) is 0 Å². The van der Waals surface area contributed by atoms with Crippen LogP contribution in [0.25, 0.3) is 0 Å². The molecule has 0 aliphatic carbocycles. The SMILES string of the molecule is CCCN(CC#N)C(=O)c1ccc(OCC)c(OCC)c1. The summed E-state index contributed by atoms with van der Waals surface area (Å²) in [6.45, 7) is 7.42. The third kappa shape index (κ3) is 4.67. The zero-order valence-corrected chi connectivity index (χ0v) is 12.9. The van der Waals surface area contributed by atoms with Gasteiger partial charge < -0.3 is 14.4 Å². The Hall–Kier alpha value is -2.22.